The van der Waals surface area contributed by atoms with E-state index >= 15 is 0 Å². The first-order valence-electron chi connectivity index (χ1n) is 56.7. The summed E-state index contributed by atoms with van der Waals surface area (Å²) >= 11 is 0. The van der Waals surface area contributed by atoms with Crippen molar-refractivity contribution >= 4 is 35.8 Å². The standard InChI is InChI=1S/C21H36O2.C20H32O3.C19H32O2.C18H30O3.C16H28O2.C13H24O2.C12H22O2.14CH4/c1-8-18(3,4)17(22)23-20(7)11-12-21-13-16(20)19(5,6)15(21)10-9-14(21)2;1-5-20(3,4)19(21)23-11(2)22-16-10-14-9-15(16)18-13-7-6-12(8-13)17(14)18;1-5-18(2,3)17(20)21-19(4)10-13-9-14(19)16-12-7-6-11(8-12)15(13)16;1-5-17(3,4)16(19)20-12(2)21-18-9-13-6-14(10-18)8-15(7-13)11-18;1-6-15(2,3)14(17)18-16(4,5)13-10-11-7-8-12(13)9-11;1-5-12(2,3)11(14)15-13(4)9-7-6-8-10-13;1-5-11(2,3)10(13)14-12(4)8-6-7-9-12;;;;;;;;;;;;;;/h14-16H,8-13H2,1-7H3;11-18H,5-10H2,1-4H3;11-17,20H,5-10H2,1-4H3;12-15H,5-11H2,1-4H3;11-13H,6-10H2,1-5H3;5-10H2,1-4H3;5-9H2,1-4H3;14*1H4/t;;11?,12?,13?,14?,15?,16?,17-,19?;;;;;;;;;;;;;;;;;;/m..0................../s1. The minimum absolute atomic E-state index is 0. The van der Waals surface area contributed by atoms with Crippen molar-refractivity contribution in [1.29, 1.82) is 0 Å². The molecule has 0 aromatic rings. The number of aliphatic hydroxyl groups is 1. The summed E-state index contributed by atoms with van der Waals surface area (Å²) in [6, 6.07) is 0. The average molecular weight is 2120 g/mol. The first-order chi connectivity index (χ1) is 62.6. The van der Waals surface area contributed by atoms with Gasteiger partial charge in [0.25, 0.3) is 0 Å². The lowest BCUT2D eigenvalue weighted by atomic mass is 9.54. The minimum atomic E-state index is -0.621. The smallest absolute Gasteiger partial charge is 0.313 e. The highest BCUT2D eigenvalue weighted by atomic mass is 16.7. The van der Waals surface area contributed by atoms with Crippen LogP contribution in [0.3, 0.4) is 0 Å². The molecule has 0 aliphatic heterocycles. The quantitative estimate of drug-likeness (QED) is 0.0351. The number of esters is 6. The molecule has 0 aromatic carbocycles. The third kappa shape index (κ3) is 32.1. The van der Waals surface area contributed by atoms with Crippen LogP contribution in [-0.4, -0.2) is 99.5 Å². The molecule has 0 amide bonds. The fourth-order valence-electron chi connectivity index (χ4n) is 31.8. The normalized spacial score (nSPS) is 34.8. The highest BCUT2D eigenvalue weighted by Crippen LogP contribution is 2.75. The molecule has 19 rings (SSSR count). The zero-order chi connectivity index (χ0) is 99.8. The molecule has 1 N–H and O–H groups in total. The van der Waals surface area contributed by atoms with Crippen LogP contribution in [0.2, 0.25) is 0 Å². The SMILES string of the molecule is C.C.C.C.C.C.C.C.C.C.C.C.C.C.CCC(C)(C)C(=O)OC(C)(C)C1CC2CCC1C2.CCC(C)(C)C(=O)OC(C)OC12CC3CC(CC(C3)C1)C2.CCC(C)(C)C(=O)OC(C)OC1CC2CC1C1C3CCC(C3)C21.CCC(C)(C)C(=O)OC1(C)CCC23CC1C(C)(C)C2CCC3C.CCC(C)(C)C(=O)OC1(C)CCCC1.CCC(C)(C)C(=O)OC1(C)CCCCC1.CCC(C)(C)[C@@H](O)OC1(C)CC2CC1C1C3CCC(C3)C21. The topological polar surface area (TPSA) is 206 Å². The van der Waals surface area contributed by atoms with E-state index in [0.717, 1.165) is 184 Å². The number of fused-ring (bicyclic) bond motifs is 21. The number of hydrogen-bond acceptors (Lipinski definition) is 16. The van der Waals surface area contributed by atoms with Gasteiger partial charge in [-0.2, -0.15) is 0 Å². The highest BCUT2D eigenvalue weighted by molar-refractivity contribution is 5.78. The number of ether oxygens (including phenoxy) is 9. The lowest BCUT2D eigenvalue weighted by molar-refractivity contribution is -0.249. The summed E-state index contributed by atoms with van der Waals surface area (Å²) < 4.78 is 53.5. The molecule has 24 unspecified atom stereocenters. The Morgan fingerprint density at radius 1 is 0.336 bits per heavy atom. The van der Waals surface area contributed by atoms with Crippen molar-refractivity contribution < 1.29 is 76.5 Å². The van der Waals surface area contributed by atoms with Gasteiger partial charge in [0.05, 0.1) is 49.8 Å². The number of rotatable bonds is 27. The molecule has 1 spiro atoms. The second-order valence-electron chi connectivity index (χ2n) is 55.8. The molecule has 25 atom stereocenters. The maximum atomic E-state index is 12.7. The van der Waals surface area contributed by atoms with Gasteiger partial charge in [0.15, 0.2) is 12.6 Å². The molecular weight excluding hydrogens is 1850 g/mol. The van der Waals surface area contributed by atoms with Crippen LogP contribution in [0.1, 0.15) is 589 Å². The van der Waals surface area contributed by atoms with Crippen LogP contribution in [0.15, 0.2) is 0 Å². The van der Waals surface area contributed by atoms with Gasteiger partial charge in [-0.1, -0.05) is 200 Å². The Hall–Kier alpha value is -3.34. The number of carbonyl (C=O) groups is 6. The van der Waals surface area contributed by atoms with Gasteiger partial charge in [0.2, 0.25) is 6.29 Å². The van der Waals surface area contributed by atoms with Gasteiger partial charge < -0.3 is 47.7 Å². The Bertz CT molecular complexity index is 3960. The maximum Gasteiger partial charge on any atom is 0.313 e. The van der Waals surface area contributed by atoms with Crippen LogP contribution < -0.4 is 0 Å². The third-order valence-electron chi connectivity index (χ3n) is 43.0. The second-order valence-corrected chi connectivity index (χ2v) is 55.8. The zero-order valence-corrected chi connectivity index (χ0v) is 92.5. The van der Waals surface area contributed by atoms with Crippen molar-refractivity contribution in [1.82, 2.24) is 0 Å². The van der Waals surface area contributed by atoms with E-state index in [9.17, 15) is 33.9 Å². The van der Waals surface area contributed by atoms with E-state index < -0.39 is 29.7 Å². The molecule has 0 heterocycles. The minimum Gasteiger partial charge on any atom is -0.459 e. The summed E-state index contributed by atoms with van der Waals surface area (Å²) in [6.45, 7) is 66.2. The van der Waals surface area contributed by atoms with Crippen LogP contribution in [-0.2, 0) is 71.4 Å². The summed E-state index contributed by atoms with van der Waals surface area (Å²) in [7, 11) is 0. The maximum absolute atomic E-state index is 12.7. The average Bonchev–Trinajstić information content (AvgIpc) is 1.53. The molecule has 19 aliphatic carbocycles. The third-order valence-corrected chi connectivity index (χ3v) is 43.0. The summed E-state index contributed by atoms with van der Waals surface area (Å²) in [5.41, 5.74) is -2.54. The van der Waals surface area contributed by atoms with Crippen molar-refractivity contribution in [3.05, 3.63) is 0 Å². The molecule has 16 heteroatoms. The predicted octanol–water partition coefficient (Wildman–Crippen LogP) is 38.6. The molecule has 19 saturated carbocycles. The van der Waals surface area contributed by atoms with Gasteiger partial charge in [0.1, 0.15) is 22.4 Å². The largest absolute Gasteiger partial charge is 0.459 e. The van der Waals surface area contributed by atoms with Gasteiger partial charge in [-0.05, 0) is 512 Å². The summed E-state index contributed by atoms with van der Waals surface area (Å²) in [6.07, 6.45) is 48.4. The van der Waals surface area contributed by atoms with E-state index in [2.05, 4.69) is 90.0 Å². The monoisotopic (exact) mass is 2110 g/mol. The lowest BCUT2D eigenvalue weighted by Crippen LogP contribution is -2.53. The van der Waals surface area contributed by atoms with Gasteiger partial charge in [-0.15, -0.1) is 0 Å². The van der Waals surface area contributed by atoms with E-state index in [1.54, 1.807) is 0 Å². The summed E-state index contributed by atoms with van der Waals surface area (Å²) in [5.74, 6) is 17.7. The van der Waals surface area contributed by atoms with Crippen molar-refractivity contribution in [2.45, 2.75) is 647 Å². The van der Waals surface area contributed by atoms with E-state index in [1.807, 2.05) is 132 Å². The Morgan fingerprint density at radius 3 is 1.15 bits per heavy atom. The number of hydrogen-bond donors (Lipinski definition) is 1. The molecule has 888 valence electrons. The van der Waals surface area contributed by atoms with Gasteiger partial charge in [0, 0.05) is 17.3 Å². The molecule has 0 radical (unpaired) electrons. The summed E-state index contributed by atoms with van der Waals surface area (Å²) in [5, 5.41) is 10.6. The number of carbonyl (C=O) groups excluding carboxylic acids is 6. The van der Waals surface area contributed by atoms with Gasteiger partial charge in [-0.25, -0.2) is 0 Å². The van der Waals surface area contributed by atoms with E-state index in [0.29, 0.717) is 29.3 Å². The first-order valence-corrected chi connectivity index (χ1v) is 56.7. The molecule has 19 aliphatic rings. The zero-order valence-electron chi connectivity index (χ0n) is 92.5. The Kier molecular flexibility index (Phi) is 56.9. The van der Waals surface area contributed by atoms with E-state index in [1.165, 1.54) is 186 Å². The van der Waals surface area contributed by atoms with Gasteiger partial charge >= 0.3 is 35.8 Å². The molecule has 19 fully saturated rings. The molecule has 0 saturated heterocycles. The fraction of sp³-hybridized carbons (Fsp3) is 0.955. The second kappa shape index (κ2) is 56.6. The van der Waals surface area contributed by atoms with Crippen LogP contribution in [0.4, 0.5) is 0 Å². The van der Waals surface area contributed by atoms with Crippen molar-refractivity contribution in [3.8, 4) is 0 Å². The van der Waals surface area contributed by atoms with Gasteiger partial charge in [-0.3, -0.25) is 28.8 Å². The van der Waals surface area contributed by atoms with Crippen molar-refractivity contribution in [2.24, 2.45) is 173 Å². The van der Waals surface area contributed by atoms with Crippen LogP contribution in [0.5, 0.6) is 0 Å². The molecule has 149 heavy (non-hydrogen) atoms. The highest BCUT2D eigenvalue weighted by Gasteiger charge is 2.71. The first kappa shape index (κ1) is 150. The van der Waals surface area contributed by atoms with Crippen LogP contribution >= 0.6 is 0 Å². The van der Waals surface area contributed by atoms with Crippen molar-refractivity contribution in [3.63, 3.8) is 0 Å². The fourth-order valence-corrected chi connectivity index (χ4v) is 31.8. The van der Waals surface area contributed by atoms with Crippen LogP contribution in [0.25, 0.3) is 0 Å². The predicted molar refractivity (Wildman–Crippen MR) is 634 cm³/mol. The Morgan fingerprint density at radius 2 is 0.732 bits per heavy atom. The van der Waals surface area contributed by atoms with Crippen molar-refractivity contribution in [2.75, 3.05) is 0 Å². The number of aliphatic hydroxyl groups excluding tert-OH is 1. The molecule has 16 bridgehead atoms. The van der Waals surface area contributed by atoms with Crippen LogP contribution in [0, 0.1) is 173 Å². The Labute approximate surface area is 927 Å². The molecular formula is C133H260O16. The Balaban J connectivity index is -0.00000165. The molecule has 16 nitrogen and oxygen atoms in total. The van der Waals surface area contributed by atoms with E-state index in [4.69, 9.17) is 42.6 Å². The summed E-state index contributed by atoms with van der Waals surface area (Å²) in [4.78, 5) is 73.2. The van der Waals surface area contributed by atoms with E-state index in [-0.39, 0.29) is 206 Å². The lowest BCUT2D eigenvalue weighted by Gasteiger charge is -2.56. The molecule has 0 aromatic heterocycles.